The van der Waals surface area contributed by atoms with Crippen LogP contribution in [0.1, 0.15) is 122 Å². The number of carboxylic acids is 1. The highest BCUT2D eigenvalue weighted by atomic mass is 16.8. The first-order valence-electron chi connectivity index (χ1n) is 31.5. The predicted octanol–water partition coefficient (Wildman–Crippen LogP) is -0.885. The highest BCUT2D eigenvalue weighted by molar-refractivity contribution is 5.88. The maximum Gasteiger partial charge on any atom is 0.335 e. The molecule has 4 saturated carbocycles. The van der Waals surface area contributed by atoms with Crippen LogP contribution < -0.4 is 0 Å². The average Bonchev–Trinajstić information content (AvgIpc) is 0.711. The molecule has 0 bridgehead atoms. The van der Waals surface area contributed by atoms with Crippen molar-refractivity contribution < 1.29 is 133 Å². The third-order valence-electron chi connectivity index (χ3n) is 23.4. The number of carboxylic acid groups (broad SMARTS) is 1. The van der Waals surface area contributed by atoms with Crippen molar-refractivity contribution in [3.05, 3.63) is 34.9 Å². The summed E-state index contributed by atoms with van der Waals surface area (Å²) < 4.78 is 61.5. The fourth-order valence-corrected chi connectivity index (χ4v) is 17.7. The highest BCUT2D eigenvalue weighted by Crippen LogP contribution is 2.76. The summed E-state index contributed by atoms with van der Waals surface area (Å²) in [5.41, 5.74) is -5.09. The number of hydrogen-bond donors (Lipinski definition) is 14. The number of esters is 2. The number of carbonyl (C=O) groups excluding carboxylic acids is 2. The van der Waals surface area contributed by atoms with Crippen LogP contribution in [0.5, 0.6) is 0 Å². The minimum Gasteiger partial charge on any atom is -0.479 e. The SMILES string of the molecule is C/C=C(/C)C(=O)O[C@@H]1[C@@H](O)[C@@H](O)[C@H](O[C@H]2[C@@H](OC(=O)/C(C)=C\C)[C@@]3(CO)C(CC2(C)C)C2=CCC4[C@@]5(C)CC[C@H](O[C@H]6O[C@H](C(=O)O)[C@@H](O)[C@H](O[C@H]7O[C@H](CO)[C@@H](O)[C@@H]7O)[C@H]6O[C@@H]6O[C@H](CO)[C@H](O)[C@H](O)[C@H]6O)C(C)(C)C5CC[C@@]4(C)[C@]2(C)[C@H](O)[C@@H]3O)O[C@H]1C. The zero-order chi connectivity index (χ0) is 66.6. The van der Waals surface area contributed by atoms with Crippen molar-refractivity contribution in [1.29, 1.82) is 0 Å². The largest absolute Gasteiger partial charge is 0.479 e. The van der Waals surface area contributed by atoms with Gasteiger partial charge in [-0.15, -0.1) is 0 Å². The number of aliphatic hydroxyl groups excluding tert-OH is 13. The highest BCUT2D eigenvalue weighted by Gasteiger charge is 2.76. The molecule has 31 atom stereocenters. The number of fused-ring (bicyclic) bond motifs is 7. The number of hydrogen-bond acceptors (Lipinski definition) is 26. The number of aliphatic carboxylic acids is 1. The molecule has 0 radical (unpaired) electrons. The van der Waals surface area contributed by atoms with E-state index in [2.05, 4.69) is 19.9 Å². The quantitative estimate of drug-likeness (QED) is 0.0386. The second-order valence-electron chi connectivity index (χ2n) is 28.8. The Bertz CT molecular complexity index is 2700. The summed E-state index contributed by atoms with van der Waals surface area (Å²) in [5.74, 6) is -4.38. The van der Waals surface area contributed by atoms with Crippen LogP contribution in [0.3, 0.4) is 0 Å². The van der Waals surface area contributed by atoms with Gasteiger partial charge in [-0.25, -0.2) is 14.4 Å². The van der Waals surface area contributed by atoms with Crippen molar-refractivity contribution in [3.63, 3.8) is 0 Å². The van der Waals surface area contributed by atoms with Crippen LogP contribution in [0.4, 0.5) is 0 Å². The van der Waals surface area contributed by atoms with Crippen LogP contribution in [0, 0.1) is 50.2 Å². The van der Waals surface area contributed by atoms with E-state index in [-0.39, 0.29) is 35.8 Å². The molecule has 27 heteroatoms. The van der Waals surface area contributed by atoms with Gasteiger partial charge in [-0.05, 0) is 113 Å². The van der Waals surface area contributed by atoms with Gasteiger partial charge in [0.2, 0.25) is 0 Å². The van der Waals surface area contributed by atoms with Gasteiger partial charge in [0.1, 0.15) is 85.5 Å². The van der Waals surface area contributed by atoms with Crippen LogP contribution in [0.25, 0.3) is 0 Å². The van der Waals surface area contributed by atoms with Gasteiger partial charge in [-0.2, -0.15) is 0 Å². The molecule has 9 rings (SSSR count). The molecule has 4 heterocycles. The molecule has 8 fully saturated rings. The van der Waals surface area contributed by atoms with E-state index < -0.39 is 223 Å². The maximum atomic E-state index is 14.2. The molecule has 512 valence electrons. The molecule has 9 aliphatic rings. The summed E-state index contributed by atoms with van der Waals surface area (Å²) in [4.78, 5) is 40.0. The topological polar surface area (TPSA) is 427 Å². The molecule has 0 aromatic carbocycles. The Balaban J connectivity index is 1.04. The zero-order valence-electron chi connectivity index (χ0n) is 53.3. The summed E-state index contributed by atoms with van der Waals surface area (Å²) in [7, 11) is 0. The van der Waals surface area contributed by atoms with Crippen molar-refractivity contribution in [2.75, 3.05) is 19.8 Å². The van der Waals surface area contributed by atoms with Crippen molar-refractivity contribution in [1.82, 2.24) is 0 Å². The average molecular weight is 1290 g/mol. The minimum absolute atomic E-state index is 0.186. The number of rotatable bonds is 16. The lowest BCUT2D eigenvalue weighted by molar-refractivity contribution is -0.386. The summed E-state index contributed by atoms with van der Waals surface area (Å²) in [6.07, 6.45) is -32.7. The monoisotopic (exact) mass is 1290 g/mol. The van der Waals surface area contributed by atoms with E-state index >= 15 is 0 Å². The van der Waals surface area contributed by atoms with Crippen LogP contribution in [-0.4, -0.2) is 256 Å². The Kier molecular flexibility index (Phi) is 20.6. The number of aliphatic hydroxyl groups is 13. The van der Waals surface area contributed by atoms with Crippen molar-refractivity contribution in [2.45, 2.75) is 269 Å². The Morgan fingerprint density at radius 1 is 0.589 bits per heavy atom. The van der Waals surface area contributed by atoms with Crippen molar-refractivity contribution >= 4 is 17.9 Å². The first-order valence-corrected chi connectivity index (χ1v) is 31.5. The second kappa shape index (κ2) is 26.1. The van der Waals surface area contributed by atoms with E-state index in [1.807, 2.05) is 34.6 Å². The summed E-state index contributed by atoms with van der Waals surface area (Å²) >= 11 is 0. The van der Waals surface area contributed by atoms with E-state index in [1.165, 1.54) is 19.9 Å². The van der Waals surface area contributed by atoms with E-state index in [4.69, 9.17) is 47.4 Å². The van der Waals surface area contributed by atoms with E-state index in [1.54, 1.807) is 26.8 Å². The van der Waals surface area contributed by atoms with Gasteiger partial charge in [-0.3, -0.25) is 0 Å². The Morgan fingerprint density at radius 2 is 1.13 bits per heavy atom. The van der Waals surface area contributed by atoms with E-state index in [0.717, 1.165) is 5.57 Å². The molecule has 4 saturated heterocycles. The predicted molar refractivity (Wildman–Crippen MR) is 308 cm³/mol. The van der Waals surface area contributed by atoms with Crippen molar-refractivity contribution in [2.24, 2.45) is 50.2 Å². The summed E-state index contributed by atoms with van der Waals surface area (Å²) in [5, 5.41) is 158. The number of carbonyl (C=O) groups is 3. The molecule has 14 N–H and O–H groups in total. The molecule has 5 aliphatic carbocycles. The summed E-state index contributed by atoms with van der Waals surface area (Å²) in [6.45, 7) is 19.4. The molecule has 0 aromatic heterocycles. The van der Waals surface area contributed by atoms with Gasteiger partial charge in [0.25, 0.3) is 0 Å². The summed E-state index contributed by atoms with van der Waals surface area (Å²) in [6, 6.07) is 0. The number of ether oxygens (including phenoxy) is 10. The third-order valence-corrected chi connectivity index (χ3v) is 23.4. The third kappa shape index (κ3) is 11.4. The standard InChI is InChI=1S/C63H98O27/c1-13-25(3)52(79)85-43-27(5)81-54(41(73)38(43)70)90-49-50(89-53(80)26(4)14-2)63(24-66)29(21-58(49,6)7)28-15-16-33-60(10)19-18-34(59(8,9)32(60)17-20-61(33,11)62(28,12)47(75)48(63)76)84-57-46(88-56-40(72)37(69)35(67)30(22-64)82-56)44(42(74)45(87-57)51(77)78)86-55-39(71)36(68)31(23-65)83-55/h13-15,27,29-50,54-57,64-76H,16-24H2,1-12H3,(H,77,78)/b25-13-,26-14-/t27-,29?,30+,31+,32?,33?,34-,35-,36+,37-,38-,39-,40+,41+,42-,43-,44-,45-,46+,47+,48-,49-,50+,54-,55+,56-,57-,60-,61+,62-,63-/m0/s1. The van der Waals surface area contributed by atoms with Gasteiger partial charge in [-0.1, -0.05) is 72.3 Å². The fourth-order valence-electron chi connectivity index (χ4n) is 17.7. The van der Waals surface area contributed by atoms with E-state index in [9.17, 15) is 85.9 Å². The molecular weight excluding hydrogens is 1190 g/mol. The second-order valence-corrected chi connectivity index (χ2v) is 28.8. The Morgan fingerprint density at radius 3 is 1.70 bits per heavy atom. The molecule has 0 amide bonds. The normalized spacial score (nSPS) is 50.1. The van der Waals surface area contributed by atoms with Crippen LogP contribution in [0.2, 0.25) is 0 Å². The zero-order valence-corrected chi connectivity index (χ0v) is 53.3. The van der Waals surface area contributed by atoms with Gasteiger partial charge in [0.05, 0.1) is 49.7 Å². The first kappa shape index (κ1) is 71.1. The van der Waals surface area contributed by atoms with Gasteiger partial charge in [0.15, 0.2) is 37.4 Å². The number of allylic oxidation sites excluding steroid dienone is 3. The minimum atomic E-state index is -2.15. The smallest absolute Gasteiger partial charge is 0.335 e. The molecule has 4 aliphatic heterocycles. The van der Waals surface area contributed by atoms with Gasteiger partial charge in [0, 0.05) is 16.6 Å². The molecule has 27 nitrogen and oxygen atoms in total. The lowest BCUT2D eigenvalue weighted by Crippen LogP contribution is -2.77. The molecule has 90 heavy (non-hydrogen) atoms. The Hall–Kier alpha value is -3.21. The molecule has 3 unspecified atom stereocenters. The van der Waals surface area contributed by atoms with Crippen molar-refractivity contribution in [3.8, 4) is 0 Å². The van der Waals surface area contributed by atoms with E-state index in [0.29, 0.717) is 25.7 Å². The molecule has 0 aromatic rings. The lowest BCUT2D eigenvalue weighted by atomic mass is 9.32. The molecular formula is C63H98O27. The Labute approximate surface area is 523 Å². The van der Waals surface area contributed by atoms with Crippen LogP contribution in [-0.2, 0) is 61.8 Å². The fraction of sp³-hybridized carbons (Fsp3) is 0.857. The maximum absolute atomic E-state index is 14.2. The van der Waals surface area contributed by atoms with Gasteiger partial charge >= 0.3 is 17.9 Å². The lowest BCUT2D eigenvalue weighted by Gasteiger charge is -2.73. The van der Waals surface area contributed by atoms with Crippen LogP contribution >= 0.6 is 0 Å². The first-order chi connectivity index (χ1) is 42.0. The van der Waals surface area contributed by atoms with Gasteiger partial charge < -0.3 is 119 Å². The molecule has 0 spiro atoms. The van der Waals surface area contributed by atoms with Crippen LogP contribution in [0.15, 0.2) is 34.9 Å².